The Morgan fingerprint density at radius 2 is 1.94 bits per heavy atom. The SMILES string of the molecule is CSc1ccc(NC(=O)[C@H]2CC23CCN(Cc2cccn2-c2ccccn2)CC3)cc1. The van der Waals surface area contributed by atoms with Crippen molar-refractivity contribution in [2.45, 2.75) is 30.7 Å². The fraction of sp³-hybridized carbons (Fsp3) is 0.360. The summed E-state index contributed by atoms with van der Waals surface area (Å²) < 4.78 is 2.17. The number of hydrogen-bond acceptors (Lipinski definition) is 4. The molecular weight excluding hydrogens is 404 g/mol. The van der Waals surface area contributed by atoms with Crippen LogP contribution in [0.15, 0.2) is 71.9 Å². The fourth-order valence-electron chi connectivity index (χ4n) is 4.83. The summed E-state index contributed by atoms with van der Waals surface area (Å²) in [7, 11) is 0. The van der Waals surface area contributed by atoms with Crippen molar-refractivity contribution in [2.24, 2.45) is 11.3 Å². The van der Waals surface area contributed by atoms with E-state index in [9.17, 15) is 4.79 Å². The van der Waals surface area contributed by atoms with Crippen molar-refractivity contribution in [2.75, 3.05) is 24.7 Å². The van der Waals surface area contributed by atoms with Crippen molar-refractivity contribution in [1.29, 1.82) is 0 Å². The van der Waals surface area contributed by atoms with Crippen molar-refractivity contribution in [3.63, 3.8) is 0 Å². The normalized spacial score (nSPS) is 20.0. The van der Waals surface area contributed by atoms with Gasteiger partial charge >= 0.3 is 0 Å². The van der Waals surface area contributed by atoms with E-state index in [1.165, 1.54) is 10.6 Å². The van der Waals surface area contributed by atoms with Crippen LogP contribution in [0.2, 0.25) is 0 Å². The van der Waals surface area contributed by atoms with Crippen LogP contribution in [0.25, 0.3) is 5.82 Å². The standard InChI is InChI=1S/C25H28N4OS/c1-31-21-9-7-19(8-10-21)27-24(30)22-17-25(22)11-15-28(16-12-25)18-20-5-4-14-29(20)23-6-2-3-13-26-23/h2-10,13-14,22H,11-12,15-18H2,1H3,(H,27,30)/t22-/m1/s1. The number of amides is 1. The zero-order chi connectivity index (χ0) is 21.3. The van der Waals surface area contributed by atoms with Gasteiger partial charge in [-0.2, -0.15) is 0 Å². The maximum atomic E-state index is 12.8. The van der Waals surface area contributed by atoms with Crippen LogP contribution >= 0.6 is 11.8 Å². The van der Waals surface area contributed by atoms with Gasteiger partial charge < -0.3 is 9.88 Å². The molecule has 2 aliphatic rings. The summed E-state index contributed by atoms with van der Waals surface area (Å²) in [5.41, 5.74) is 2.37. The second-order valence-electron chi connectivity index (χ2n) is 8.67. The Morgan fingerprint density at radius 1 is 1.13 bits per heavy atom. The first-order valence-corrected chi connectivity index (χ1v) is 12.1. The maximum absolute atomic E-state index is 12.8. The van der Waals surface area contributed by atoms with Gasteiger partial charge in [-0.15, -0.1) is 11.8 Å². The molecule has 1 saturated heterocycles. The topological polar surface area (TPSA) is 50.2 Å². The summed E-state index contributed by atoms with van der Waals surface area (Å²) in [6, 6.07) is 18.4. The summed E-state index contributed by atoms with van der Waals surface area (Å²) in [5, 5.41) is 3.13. The molecule has 0 bridgehead atoms. The molecule has 3 aromatic rings. The molecule has 3 heterocycles. The van der Waals surface area contributed by atoms with E-state index in [1.54, 1.807) is 11.8 Å². The Morgan fingerprint density at radius 3 is 2.65 bits per heavy atom. The van der Waals surface area contributed by atoms with Crippen LogP contribution in [0.3, 0.4) is 0 Å². The summed E-state index contributed by atoms with van der Waals surface area (Å²) >= 11 is 1.71. The molecule has 1 saturated carbocycles. The molecule has 0 unspecified atom stereocenters. The van der Waals surface area contributed by atoms with Crippen molar-refractivity contribution in [1.82, 2.24) is 14.5 Å². The third-order valence-electron chi connectivity index (χ3n) is 6.83. The molecule has 1 N–H and O–H groups in total. The van der Waals surface area contributed by atoms with Gasteiger partial charge in [0.2, 0.25) is 5.91 Å². The first kappa shape index (κ1) is 20.3. The van der Waals surface area contributed by atoms with Gasteiger partial charge in [-0.25, -0.2) is 4.98 Å². The smallest absolute Gasteiger partial charge is 0.228 e. The first-order valence-electron chi connectivity index (χ1n) is 10.9. The van der Waals surface area contributed by atoms with Crippen LogP contribution in [0, 0.1) is 11.3 Å². The van der Waals surface area contributed by atoms with Gasteiger partial charge in [0.15, 0.2) is 0 Å². The third-order valence-corrected chi connectivity index (χ3v) is 7.57. The number of rotatable bonds is 6. The van der Waals surface area contributed by atoms with Crippen LogP contribution in [-0.4, -0.2) is 39.7 Å². The lowest BCUT2D eigenvalue weighted by molar-refractivity contribution is -0.118. The number of nitrogens with one attached hydrogen (secondary N) is 1. The highest BCUT2D eigenvalue weighted by molar-refractivity contribution is 7.98. The second kappa shape index (κ2) is 8.52. The molecule has 5 nitrogen and oxygen atoms in total. The molecule has 6 heteroatoms. The van der Waals surface area contributed by atoms with E-state index in [0.717, 1.165) is 50.4 Å². The largest absolute Gasteiger partial charge is 0.326 e. The number of nitrogens with zero attached hydrogens (tertiary/aromatic N) is 3. The summed E-state index contributed by atoms with van der Waals surface area (Å²) in [5.74, 6) is 1.31. The molecular formula is C25H28N4OS. The highest BCUT2D eigenvalue weighted by Gasteiger charge is 2.58. The maximum Gasteiger partial charge on any atom is 0.228 e. The summed E-state index contributed by atoms with van der Waals surface area (Å²) in [6.07, 6.45) is 9.19. The number of carbonyl (C=O) groups excluding carboxylic acids is 1. The number of likely N-dealkylation sites (tertiary alicyclic amines) is 1. The van der Waals surface area contributed by atoms with Gasteiger partial charge in [-0.05, 0) is 92.6 Å². The quantitative estimate of drug-likeness (QED) is 0.567. The van der Waals surface area contributed by atoms with Crippen LogP contribution in [0.5, 0.6) is 0 Å². The third kappa shape index (κ3) is 4.27. The molecule has 1 spiro atoms. The fourth-order valence-corrected chi connectivity index (χ4v) is 5.23. The van der Waals surface area contributed by atoms with Crippen LogP contribution in [0.1, 0.15) is 25.0 Å². The Bertz CT molecular complexity index is 1040. The van der Waals surface area contributed by atoms with Crippen molar-refractivity contribution < 1.29 is 4.79 Å². The van der Waals surface area contributed by atoms with E-state index in [4.69, 9.17) is 0 Å². The van der Waals surface area contributed by atoms with E-state index in [-0.39, 0.29) is 17.2 Å². The Kier molecular flexibility index (Phi) is 5.59. The number of thioether (sulfide) groups is 1. The Hall–Kier alpha value is -2.57. The average Bonchev–Trinajstić information content (AvgIpc) is 3.32. The summed E-state index contributed by atoms with van der Waals surface area (Å²) in [6.45, 7) is 3.00. The molecule has 31 heavy (non-hydrogen) atoms. The zero-order valence-electron chi connectivity index (χ0n) is 17.8. The monoisotopic (exact) mass is 432 g/mol. The number of piperidine rings is 1. The predicted octanol–water partition coefficient (Wildman–Crippen LogP) is 4.84. The van der Waals surface area contributed by atoms with Gasteiger partial charge in [0.25, 0.3) is 0 Å². The summed E-state index contributed by atoms with van der Waals surface area (Å²) in [4.78, 5) is 21.0. The Balaban J connectivity index is 1.15. The van der Waals surface area contributed by atoms with Gasteiger partial charge in [-0.3, -0.25) is 9.69 Å². The lowest BCUT2D eigenvalue weighted by Crippen LogP contribution is -2.36. The molecule has 5 rings (SSSR count). The average molecular weight is 433 g/mol. The molecule has 160 valence electrons. The molecule has 1 aliphatic carbocycles. The van der Waals surface area contributed by atoms with E-state index in [0.29, 0.717) is 0 Å². The van der Waals surface area contributed by atoms with Crippen molar-refractivity contribution >= 4 is 23.4 Å². The number of aromatic nitrogens is 2. The van der Waals surface area contributed by atoms with Crippen molar-refractivity contribution in [3.8, 4) is 5.82 Å². The van der Waals surface area contributed by atoms with Crippen molar-refractivity contribution in [3.05, 3.63) is 72.7 Å². The molecule has 0 radical (unpaired) electrons. The lowest BCUT2D eigenvalue weighted by atomic mass is 9.90. The highest BCUT2D eigenvalue weighted by atomic mass is 32.2. The molecule has 2 fully saturated rings. The number of benzene rings is 1. The first-order chi connectivity index (χ1) is 15.2. The van der Waals surface area contributed by atoms with Gasteiger partial charge in [0.1, 0.15) is 5.82 Å². The number of carbonyl (C=O) groups is 1. The lowest BCUT2D eigenvalue weighted by Gasteiger charge is -2.33. The number of hydrogen-bond donors (Lipinski definition) is 1. The van der Waals surface area contributed by atoms with Crippen LogP contribution in [0.4, 0.5) is 5.69 Å². The van der Waals surface area contributed by atoms with Gasteiger partial charge in [-0.1, -0.05) is 6.07 Å². The van der Waals surface area contributed by atoms with Crippen LogP contribution < -0.4 is 5.32 Å². The molecule has 1 atom stereocenters. The minimum atomic E-state index is 0.159. The highest BCUT2D eigenvalue weighted by Crippen LogP contribution is 2.59. The molecule has 2 aromatic heterocycles. The number of anilines is 1. The molecule has 1 amide bonds. The minimum Gasteiger partial charge on any atom is -0.326 e. The van der Waals surface area contributed by atoms with Gasteiger partial charge in [0, 0.05) is 41.1 Å². The Labute approximate surface area is 187 Å². The van der Waals surface area contributed by atoms with E-state index in [1.807, 2.05) is 36.5 Å². The number of pyridine rings is 1. The van der Waals surface area contributed by atoms with Gasteiger partial charge in [0.05, 0.1) is 0 Å². The van der Waals surface area contributed by atoms with E-state index >= 15 is 0 Å². The predicted molar refractivity (Wildman–Crippen MR) is 125 cm³/mol. The molecule has 1 aromatic carbocycles. The molecule has 1 aliphatic heterocycles. The van der Waals surface area contributed by atoms with E-state index in [2.05, 4.69) is 56.5 Å². The van der Waals surface area contributed by atoms with Crippen LogP contribution in [-0.2, 0) is 11.3 Å². The second-order valence-corrected chi connectivity index (χ2v) is 9.55. The minimum absolute atomic E-state index is 0.159. The van der Waals surface area contributed by atoms with E-state index < -0.39 is 0 Å². The zero-order valence-corrected chi connectivity index (χ0v) is 18.6.